The van der Waals surface area contributed by atoms with E-state index in [9.17, 15) is 4.79 Å². The quantitative estimate of drug-likeness (QED) is 0.678. The third-order valence-electron chi connectivity index (χ3n) is 4.36. The molecule has 27 heavy (non-hydrogen) atoms. The van der Waals surface area contributed by atoms with Crippen LogP contribution in [0.1, 0.15) is 49.2 Å². The van der Waals surface area contributed by atoms with Gasteiger partial charge in [0, 0.05) is 11.1 Å². The Hall–Kier alpha value is -2.95. The van der Waals surface area contributed by atoms with E-state index in [1.54, 1.807) is 12.1 Å². The molecule has 0 radical (unpaired) electrons. The van der Waals surface area contributed by atoms with Crippen molar-refractivity contribution in [3.8, 4) is 17.4 Å². The lowest BCUT2D eigenvalue weighted by Crippen LogP contribution is -2.15. The summed E-state index contributed by atoms with van der Waals surface area (Å²) >= 11 is 0. The molecule has 140 valence electrons. The predicted molar refractivity (Wildman–Crippen MR) is 106 cm³/mol. The van der Waals surface area contributed by atoms with Crippen molar-refractivity contribution in [1.29, 1.82) is 0 Å². The molecule has 0 aliphatic heterocycles. The highest BCUT2D eigenvalue weighted by molar-refractivity contribution is 5.97. The molecule has 2 aromatic carbocycles. The highest BCUT2D eigenvalue weighted by Crippen LogP contribution is 2.26. The Labute approximate surface area is 160 Å². The van der Waals surface area contributed by atoms with Crippen molar-refractivity contribution >= 4 is 5.91 Å². The van der Waals surface area contributed by atoms with Crippen LogP contribution in [0.25, 0.3) is 11.4 Å². The molecule has 0 N–H and O–H groups in total. The van der Waals surface area contributed by atoms with Crippen LogP contribution in [-0.4, -0.2) is 27.3 Å². The van der Waals surface area contributed by atoms with Crippen molar-refractivity contribution in [3.63, 3.8) is 0 Å². The zero-order valence-electron chi connectivity index (χ0n) is 16.5. The normalized spacial score (nSPS) is 11.4. The predicted octanol–water partition coefficient (Wildman–Crippen LogP) is 4.64. The number of carbonyl (C=O) groups excluding carboxylic acids is 1. The lowest BCUT2D eigenvalue weighted by atomic mass is 9.87. The van der Waals surface area contributed by atoms with E-state index in [4.69, 9.17) is 4.74 Å². The molecule has 0 aliphatic rings. The number of rotatable bonds is 4. The first-order valence-corrected chi connectivity index (χ1v) is 9.11. The van der Waals surface area contributed by atoms with E-state index < -0.39 is 0 Å². The van der Waals surface area contributed by atoms with Crippen molar-refractivity contribution in [2.45, 2.75) is 40.0 Å². The van der Waals surface area contributed by atoms with Gasteiger partial charge < -0.3 is 4.74 Å². The average Bonchev–Trinajstić information content (AvgIpc) is 3.05. The lowest BCUT2D eigenvalue weighted by Gasteiger charge is -2.19. The second kappa shape index (κ2) is 7.35. The number of nitrogens with zero attached hydrogens (tertiary/aromatic N) is 3. The number of aryl methyl sites for hydroxylation is 1. The fraction of sp³-hybridized carbons (Fsp3) is 0.318. The minimum absolute atomic E-state index is 0.0560. The van der Waals surface area contributed by atoms with Gasteiger partial charge in [-0.25, -0.2) is 0 Å². The Morgan fingerprint density at radius 1 is 1.04 bits per heavy atom. The summed E-state index contributed by atoms with van der Waals surface area (Å²) in [6.07, 6.45) is 0. The fourth-order valence-electron chi connectivity index (χ4n) is 2.75. The van der Waals surface area contributed by atoms with Crippen LogP contribution in [0.3, 0.4) is 0 Å². The molecule has 5 heteroatoms. The monoisotopic (exact) mass is 363 g/mol. The maximum atomic E-state index is 13.0. The van der Waals surface area contributed by atoms with E-state index in [1.807, 2.05) is 38.1 Å². The molecule has 0 fully saturated rings. The van der Waals surface area contributed by atoms with Crippen molar-refractivity contribution in [2.24, 2.45) is 0 Å². The number of benzene rings is 2. The molecular weight excluding hydrogens is 338 g/mol. The minimum atomic E-state index is -0.233. The van der Waals surface area contributed by atoms with Crippen LogP contribution in [0, 0.1) is 6.92 Å². The van der Waals surface area contributed by atoms with Crippen molar-refractivity contribution in [3.05, 3.63) is 65.2 Å². The molecule has 1 aromatic heterocycles. The highest BCUT2D eigenvalue weighted by atomic mass is 16.5. The van der Waals surface area contributed by atoms with Gasteiger partial charge in [-0.15, -0.1) is 5.10 Å². The SMILES string of the molecule is CCOc1nc(-c2ccc(C(C)(C)C)cc2)n(C(=O)c2ccc(C)cc2)n1. The van der Waals surface area contributed by atoms with Gasteiger partial charge in [0.25, 0.3) is 5.91 Å². The summed E-state index contributed by atoms with van der Waals surface area (Å²) in [5.74, 6) is 0.243. The Morgan fingerprint density at radius 2 is 1.67 bits per heavy atom. The summed E-state index contributed by atoms with van der Waals surface area (Å²) < 4.78 is 6.76. The molecule has 0 spiro atoms. The molecule has 1 heterocycles. The molecule has 0 saturated heterocycles. The Balaban J connectivity index is 2.04. The minimum Gasteiger partial charge on any atom is -0.463 e. The molecular formula is C22H25N3O2. The molecule has 0 unspecified atom stereocenters. The Kier molecular flexibility index (Phi) is 5.13. The van der Waals surface area contributed by atoms with E-state index in [-0.39, 0.29) is 17.3 Å². The fourth-order valence-corrected chi connectivity index (χ4v) is 2.75. The molecule has 0 aliphatic carbocycles. The zero-order valence-corrected chi connectivity index (χ0v) is 16.5. The third kappa shape index (κ3) is 4.08. The van der Waals surface area contributed by atoms with Gasteiger partial charge in [-0.3, -0.25) is 4.79 Å². The van der Waals surface area contributed by atoms with Crippen LogP contribution in [0.2, 0.25) is 0 Å². The first kappa shape index (κ1) is 18.8. The van der Waals surface area contributed by atoms with Gasteiger partial charge in [0.15, 0.2) is 5.82 Å². The zero-order chi connectivity index (χ0) is 19.6. The summed E-state index contributed by atoms with van der Waals surface area (Å²) in [4.78, 5) is 17.4. The van der Waals surface area contributed by atoms with Crippen LogP contribution >= 0.6 is 0 Å². The van der Waals surface area contributed by atoms with Crippen LogP contribution in [-0.2, 0) is 5.41 Å². The number of carbonyl (C=O) groups is 1. The van der Waals surface area contributed by atoms with Crippen molar-refractivity contribution < 1.29 is 9.53 Å². The van der Waals surface area contributed by atoms with Gasteiger partial charge in [-0.1, -0.05) is 62.7 Å². The topological polar surface area (TPSA) is 57.0 Å². The van der Waals surface area contributed by atoms with E-state index in [0.29, 0.717) is 18.0 Å². The van der Waals surface area contributed by atoms with E-state index in [0.717, 1.165) is 11.1 Å². The summed E-state index contributed by atoms with van der Waals surface area (Å²) in [7, 11) is 0. The average molecular weight is 363 g/mol. The molecule has 3 rings (SSSR count). The van der Waals surface area contributed by atoms with Gasteiger partial charge >= 0.3 is 6.01 Å². The second-order valence-corrected chi connectivity index (χ2v) is 7.56. The van der Waals surface area contributed by atoms with Gasteiger partial charge in [0.2, 0.25) is 0 Å². The molecule has 0 bridgehead atoms. The number of hydrogen-bond acceptors (Lipinski definition) is 4. The molecule has 5 nitrogen and oxygen atoms in total. The standard InChI is InChI=1S/C22H25N3O2/c1-6-27-21-23-19(16-11-13-18(14-12-16)22(3,4)5)25(24-21)20(26)17-9-7-15(2)8-10-17/h7-14H,6H2,1-5H3. The molecule has 0 atom stereocenters. The summed E-state index contributed by atoms with van der Waals surface area (Å²) in [6, 6.07) is 15.7. The first-order valence-electron chi connectivity index (χ1n) is 9.11. The van der Waals surface area contributed by atoms with Crippen molar-refractivity contribution in [2.75, 3.05) is 6.61 Å². The maximum Gasteiger partial charge on any atom is 0.336 e. The maximum absolute atomic E-state index is 13.0. The van der Waals surface area contributed by atoms with Gasteiger partial charge in [-0.05, 0) is 37.0 Å². The summed E-state index contributed by atoms with van der Waals surface area (Å²) in [5, 5.41) is 4.28. The molecule has 3 aromatic rings. The third-order valence-corrected chi connectivity index (χ3v) is 4.36. The first-order chi connectivity index (χ1) is 12.8. The van der Waals surface area contributed by atoms with E-state index in [2.05, 4.69) is 43.0 Å². The van der Waals surface area contributed by atoms with Crippen LogP contribution in [0.5, 0.6) is 6.01 Å². The highest BCUT2D eigenvalue weighted by Gasteiger charge is 2.21. The van der Waals surface area contributed by atoms with E-state index >= 15 is 0 Å². The smallest absolute Gasteiger partial charge is 0.336 e. The van der Waals surface area contributed by atoms with Gasteiger partial charge in [-0.2, -0.15) is 9.67 Å². The van der Waals surface area contributed by atoms with E-state index in [1.165, 1.54) is 10.2 Å². The Bertz CT molecular complexity index is 933. The molecule has 0 amide bonds. The van der Waals surface area contributed by atoms with Gasteiger partial charge in [0.1, 0.15) is 0 Å². The lowest BCUT2D eigenvalue weighted by molar-refractivity contribution is 0.0945. The molecule has 0 saturated carbocycles. The number of aromatic nitrogens is 3. The Morgan fingerprint density at radius 3 is 2.22 bits per heavy atom. The summed E-state index contributed by atoms with van der Waals surface area (Å²) in [5.41, 5.74) is 3.74. The van der Waals surface area contributed by atoms with Crippen molar-refractivity contribution in [1.82, 2.24) is 14.8 Å². The van der Waals surface area contributed by atoms with Crippen LogP contribution in [0.15, 0.2) is 48.5 Å². The van der Waals surface area contributed by atoms with Gasteiger partial charge in [0.05, 0.1) is 6.61 Å². The number of ether oxygens (including phenoxy) is 1. The van der Waals surface area contributed by atoms with Crippen LogP contribution in [0.4, 0.5) is 0 Å². The largest absolute Gasteiger partial charge is 0.463 e. The number of hydrogen-bond donors (Lipinski definition) is 0. The summed E-state index contributed by atoms with van der Waals surface area (Å²) in [6.45, 7) is 10.8. The second-order valence-electron chi connectivity index (χ2n) is 7.56. The van der Waals surface area contributed by atoms with Crippen LogP contribution < -0.4 is 4.74 Å².